The Bertz CT molecular complexity index is 1970. The summed E-state index contributed by atoms with van der Waals surface area (Å²) in [5.41, 5.74) is 14.0. The van der Waals surface area contributed by atoms with E-state index in [4.69, 9.17) is 18.9 Å². The molecule has 244 valence electrons. The smallest absolute Gasteiger partial charge is 0.135 e. The van der Waals surface area contributed by atoms with Gasteiger partial charge in [-0.15, -0.1) is 11.5 Å². The van der Waals surface area contributed by atoms with Crippen molar-refractivity contribution in [3.05, 3.63) is 202 Å². The minimum absolute atomic E-state index is 0.463. The fourth-order valence-corrected chi connectivity index (χ4v) is 4.89. The molecule has 4 aromatic carbocycles. The molecule has 4 heteroatoms. The molecule has 0 amide bonds. The highest BCUT2D eigenvalue weighted by Gasteiger charge is 2.04. The van der Waals surface area contributed by atoms with Crippen molar-refractivity contribution in [1.82, 2.24) is 0 Å². The zero-order valence-electron chi connectivity index (χ0n) is 27.7. The maximum absolute atomic E-state index is 6.08. The van der Waals surface area contributed by atoms with Crippen molar-refractivity contribution in [2.45, 2.75) is 26.4 Å². The van der Waals surface area contributed by atoms with E-state index in [2.05, 4.69) is 83.7 Å². The topological polar surface area (TPSA) is 36.9 Å². The predicted molar refractivity (Wildman–Crippen MR) is 198 cm³/mol. The first-order chi connectivity index (χ1) is 24.8. The first-order valence-corrected chi connectivity index (χ1v) is 16.5. The van der Waals surface area contributed by atoms with Gasteiger partial charge in [0, 0.05) is 0 Å². The van der Waals surface area contributed by atoms with Gasteiger partial charge in [0.15, 0.2) is 0 Å². The number of rotatable bonds is 14. The van der Waals surface area contributed by atoms with Gasteiger partial charge in [-0.05, 0) is 70.8 Å². The summed E-state index contributed by atoms with van der Waals surface area (Å²) in [6.07, 6.45) is 15.4. The van der Waals surface area contributed by atoms with Crippen molar-refractivity contribution in [1.29, 1.82) is 0 Å². The zero-order chi connectivity index (χ0) is 34.1. The molecule has 0 atom stereocenters. The quantitative estimate of drug-likeness (QED) is 0.0589. The molecule has 50 heavy (non-hydrogen) atoms. The summed E-state index contributed by atoms with van der Waals surface area (Å²) in [6.45, 7) is 3.03. The molecular weight excluding hydrogens is 617 g/mol. The fourth-order valence-electron chi connectivity index (χ4n) is 4.89. The van der Waals surface area contributed by atoms with Crippen LogP contribution in [0.5, 0.6) is 11.5 Å². The van der Waals surface area contributed by atoms with Crippen LogP contribution in [0, 0.1) is 23.7 Å². The Morgan fingerprint density at radius 1 is 0.460 bits per heavy atom. The van der Waals surface area contributed by atoms with Gasteiger partial charge in [-0.2, -0.15) is 0 Å². The zero-order valence-corrected chi connectivity index (χ0v) is 27.7. The van der Waals surface area contributed by atoms with Gasteiger partial charge in [0.2, 0.25) is 0 Å². The van der Waals surface area contributed by atoms with Gasteiger partial charge in [0.1, 0.15) is 24.7 Å². The predicted octanol–water partition coefficient (Wildman–Crippen LogP) is 9.14. The van der Waals surface area contributed by atoms with Crippen LogP contribution < -0.4 is 9.47 Å². The van der Waals surface area contributed by atoms with Crippen molar-refractivity contribution in [3.63, 3.8) is 0 Å². The lowest BCUT2D eigenvalue weighted by Crippen LogP contribution is -1.99. The number of allylic oxidation sites excluding steroid dienone is 6. The summed E-state index contributed by atoms with van der Waals surface area (Å²) in [4.78, 5) is 0. The summed E-state index contributed by atoms with van der Waals surface area (Å²) in [5, 5.41) is 0. The van der Waals surface area contributed by atoms with Crippen LogP contribution in [0.1, 0.15) is 33.4 Å². The van der Waals surface area contributed by atoms with Gasteiger partial charge in [-0.25, -0.2) is 0 Å². The summed E-state index contributed by atoms with van der Waals surface area (Å²) < 4.78 is 23.8. The van der Waals surface area contributed by atoms with E-state index in [1.807, 2.05) is 97.1 Å². The minimum Gasteiger partial charge on any atom is -0.488 e. The van der Waals surface area contributed by atoms with E-state index in [0.717, 1.165) is 56.0 Å². The molecule has 0 aliphatic heterocycles. The van der Waals surface area contributed by atoms with Gasteiger partial charge < -0.3 is 18.9 Å². The molecule has 0 unspecified atom stereocenters. The Kier molecular flexibility index (Phi) is 12.4. The molecule has 2 aliphatic rings. The van der Waals surface area contributed by atoms with Crippen molar-refractivity contribution in [2.75, 3.05) is 13.2 Å². The molecule has 4 nitrogen and oxygen atoms in total. The lowest BCUT2D eigenvalue weighted by atomic mass is 10.1. The van der Waals surface area contributed by atoms with Crippen LogP contribution in [0.25, 0.3) is 0 Å². The second kappa shape index (κ2) is 18.4. The van der Waals surface area contributed by atoms with Crippen LogP contribution >= 0.6 is 0 Å². The summed E-state index contributed by atoms with van der Waals surface area (Å²) >= 11 is 0. The van der Waals surface area contributed by atoms with Crippen LogP contribution in [0.15, 0.2) is 168 Å². The van der Waals surface area contributed by atoms with Crippen LogP contribution in [0.4, 0.5) is 0 Å². The Hall–Kier alpha value is -6.22. The summed E-state index contributed by atoms with van der Waals surface area (Å²) in [6, 6.07) is 32.2. The summed E-state index contributed by atoms with van der Waals surface area (Å²) in [7, 11) is 0. The van der Waals surface area contributed by atoms with E-state index >= 15 is 0 Å². The third kappa shape index (κ3) is 10.6. The maximum Gasteiger partial charge on any atom is 0.135 e. The van der Waals surface area contributed by atoms with Crippen LogP contribution in [-0.4, -0.2) is 13.2 Å². The highest BCUT2D eigenvalue weighted by molar-refractivity contribution is 5.53. The molecule has 2 aliphatic carbocycles. The van der Waals surface area contributed by atoms with E-state index in [1.54, 1.807) is 0 Å². The van der Waals surface area contributed by atoms with Gasteiger partial charge >= 0.3 is 0 Å². The van der Waals surface area contributed by atoms with E-state index in [-0.39, 0.29) is 0 Å². The first-order valence-electron chi connectivity index (χ1n) is 16.5. The van der Waals surface area contributed by atoms with Gasteiger partial charge in [0.05, 0.1) is 48.7 Å². The third-order valence-electron chi connectivity index (χ3n) is 7.60. The Labute approximate surface area is 294 Å². The van der Waals surface area contributed by atoms with Crippen molar-refractivity contribution < 1.29 is 18.9 Å². The molecule has 0 fully saturated rings. The van der Waals surface area contributed by atoms with Gasteiger partial charge in [0.25, 0.3) is 0 Å². The second-order valence-electron chi connectivity index (χ2n) is 11.4. The Balaban J connectivity index is 0.851. The molecule has 0 heterocycles. The van der Waals surface area contributed by atoms with Gasteiger partial charge in [-0.1, -0.05) is 121 Å². The van der Waals surface area contributed by atoms with Gasteiger partial charge in [-0.3, -0.25) is 0 Å². The van der Waals surface area contributed by atoms with Crippen LogP contribution in [0.2, 0.25) is 0 Å². The highest BCUT2D eigenvalue weighted by atomic mass is 16.5. The standard InChI is InChI=1S/C46H36O4/c1-2-12-37(11-1)27-29-43-15-5-7-17-45(43)49-35-41-23-19-39(20-24-41)33-47-31-9-10-32-48-34-40-21-25-42(26-22-40)36-50-46-18-8-6-16-44(46)30-28-38-13-3-4-14-38/h1-11,13,15-26H,31-36H2/b10-9+. The summed E-state index contributed by atoms with van der Waals surface area (Å²) in [5.74, 6) is 14.2. The molecule has 0 saturated heterocycles. The number of ether oxygens (including phenoxy) is 4. The van der Waals surface area contributed by atoms with Crippen molar-refractivity contribution in [3.8, 4) is 35.2 Å². The molecule has 0 aromatic heterocycles. The maximum atomic E-state index is 6.08. The largest absolute Gasteiger partial charge is 0.488 e. The van der Waals surface area contributed by atoms with Crippen molar-refractivity contribution in [2.24, 2.45) is 0 Å². The highest BCUT2D eigenvalue weighted by Crippen LogP contribution is 2.20. The molecule has 0 spiro atoms. The van der Waals surface area contributed by atoms with E-state index in [1.165, 1.54) is 0 Å². The third-order valence-corrected chi connectivity index (χ3v) is 7.60. The SMILES string of the molecule is C1=CC=CC=1C#Cc1ccccc1OCc1ccc(COC/C=C/COCc2ccc(COc3ccccc3C#CC3=C=CC=C3)cc2)cc1. The second-order valence-corrected chi connectivity index (χ2v) is 11.4. The normalized spacial score (nSPS) is 12.3. The molecule has 6 rings (SSSR count). The molecule has 0 N–H and O–H groups in total. The molecule has 0 saturated carbocycles. The Morgan fingerprint density at radius 2 is 0.860 bits per heavy atom. The minimum atomic E-state index is 0.463. The number of hydrogen-bond donors (Lipinski definition) is 0. The molecule has 0 radical (unpaired) electrons. The van der Waals surface area contributed by atoms with Crippen molar-refractivity contribution >= 4 is 0 Å². The number of benzene rings is 4. The Morgan fingerprint density at radius 3 is 1.26 bits per heavy atom. The molecule has 4 aromatic rings. The van der Waals surface area contributed by atoms with Crippen LogP contribution in [0.3, 0.4) is 0 Å². The average molecular weight is 653 g/mol. The first kappa shape index (κ1) is 33.7. The van der Waals surface area contributed by atoms with Crippen LogP contribution in [-0.2, 0) is 35.9 Å². The number of para-hydroxylation sites is 2. The lowest BCUT2D eigenvalue weighted by molar-refractivity contribution is 0.140. The molecule has 0 bridgehead atoms. The monoisotopic (exact) mass is 652 g/mol. The number of hydrogen-bond acceptors (Lipinski definition) is 4. The van der Waals surface area contributed by atoms with E-state index in [9.17, 15) is 0 Å². The van der Waals surface area contributed by atoms with E-state index in [0.29, 0.717) is 39.6 Å². The van der Waals surface area contributed by atoms with E-state index < -0.39 is 0 Å². The average Bonchev–Trinajstić information content (AvgIpc) is 3.89. The lowest BCUT2D eigenvalue weighted by Gasteiger charge is -2.09. The molecular formula is C46H36O4. The fraction of sp³-hybridized carbons (Fsp3) is 0.130.